The molecule has 2 unspecified atom stereocenters. The Kier molecular flexibility index (Phi) is 5.17. The molecule has 1 saturated heterocycles. The SMILES string of the molecule is Cc1ccc(C(=O)C(C)N(C)CC2CCN(C)C2)cc1C. The van der Waals surface area contributed by atoms with Gasteiger partial charge in [-0.1, -0.05) is 12.1 Å². The molecule has 0 saturated carbocycles. The number of ketones is 1. The summed E-state index contributed by atoms with van der Waals surface area (Å²) in [6.07, 6.45) is 1.24. The molecule has 3 heteroatoms. The van der Waals surface area contributed by atoms with Crippen molar-refractivity contribution in [1.29, 1.82) is 0 Å². The lowest BCUT2D eigenvalue weighted by atomic mass is 9.99. The van der Waals surface area contributed by atoms with Crippen LogP contribution in [0, 0.1) is 19.8 Å². The number of aryl methyl sites for hydroxylation is 2. The molecular formula is C18H28N2O. The van der Waals surface area contributed by atoms with Gasteiger partial charge in [0.25, 0.3) is 0 Å². The van der Waals surface area contributed by atoms with Gasteiger partial charge >= 0.3 is 0 Å². The minimum atomic E-state index is -0.0574. The van der Waals surface area contributed by atoms with Crippen LogP contribution in [0.25, 0.3) is 0 Å². The van der Waals surface area contributed by atoms with Crippen LogP contribution in [0.4, 0.5) is 0 Å². The fourth-order valence-corrected chi connectivity index (χ4v) is 3.08. The highest BCUT2D eigenvalue weighted by Gasteiger charge is 2.25. The highest BCUT2D eigenvalue weighted by Crippen LogP contribution is 2.18. The number of rotatable bonds is 5. The maximum Gasteiger partial charge on any atom is 0.179 e. The first-order valence-electron chi connectivity index (χ1n) is 7.88. The predicted molar refractivity (Wildman–Crippen MR) is 87.9 cm³/mol. The summed E-state index contributed by atoms with van der Waals surface area (Å²) >= 11 is 0. The molecule has 116 valence electrons. The molecule has 1 aromatic carbocycles. The molecule has 2 atom stereocenters. The van der Waals surface area contributed by atoms with E-state index in [9.17, 15) is 4.79 Å². The van der Waals surface area contributed by atoms with Crippen LogP contribution in [-0.2, 0) is 0 Å². The molecule has 1 fully saturated rings. The van der Waals surface area contributed by atoms with Crippen molar-refractivity contribution in [2.24, 2.45) is 5.92 Å². The molecule has 1 aliphatic heterocycles. The first kappa shape index (κ1) is 16.2. The maximum absolute atomic E-state index is 12.6. The van der Waals surface area contributed by atoms with Crippen LogP contribution < -0.4 is 0 Å². The third kappa shape index (κ3) is 3.92. The van der Waals surface area contributed by atoms with E-state index >= 15 is 0 Å². The van der Waals surface area contributed by atoms with Crippen LogP contribution in [0.15, 0.2) is 18.2 Å². The molecule has 1 aromatic rings. The molecule has 0 amide bonds. The second kappa shape index (κ2) is 6.71. The number of likely N-dealkylation sites (N-methyl/N-ethyl adjacent to an activating group) is 1. The lowest BCUT2D eigenvalue weighted by molar-refractivity contribution is 0.0853. The monoisotopic (exact) mass is 288 g/mol. The zero-order valence-corrected chi connectivity index (χ0v) is 14.0. The van der Waals surface area contributed by atoms with E-state index in [-0.39, 0.29) is 11.8 Å². The summed E-state index contributed by atoms with van der Waals surface area (Å²) in [5.74, 6) is 0.918. The zero-order chi connectivity index (χ0) is 15.6. The molecule has 1 aliphatic rings. The van der Waals surface area contributed by atoms with Gasteiger partial charge in [-0.3, -0.25) is 9.69 Å². The average Bonchev–Trinajstić information content (AvgIpc) is 2.85. The fourth-order valence-electron chi connectivity index (χ4n) is 3.08. The molecule has 0 spiro atoms. The van der Waals surface area contributed by atoms with Crippen molar-refractivity contribution in [3.63, 3.8) is 0 Å². The van der Waals surface area contributed by atoms with Gasteiger partial charge in [0, 0.05) is 18.7 Å². The minimum Gasteiger partial charge on any atom is -0.306 e. The number of nitrogens with zero attached hydrogens (tertiary/aromatic N) is 2. The maximum atomic E-state index is 12.6. The van der Waals surface area contributed by atoms with E-state index in [0.717, 1.165) is 18.7 Å². The van der Waals surface area contributed by atoms with E-state index in [2.05, 4.69) is 37.7 Å². The molecule has 21 heavy (non-hydrogen) atoms. The summed E-state index contributed by atoms with van der Waals surface area (Å²) in [4.78, 5) is 17.2. The van der Waals surface area contributed by atoms with E-state index < -0.39 is 0 Å². The van der Waals surface area contributed by atoms with Gasteiger partial charge in [-0.05, 0) is 70.9 Å². The van der Waals surface area contributed by atoms with Gasteiger partial charge in [0.05, 0.1) is 6.04 Å². The van der Waals surface area contributed by atoms with Crippen molar-refractivity contribution in [3.05, 3.63) is 34.9 Å². The Morgan fingerprint density at radius 1 is 1.38 bits per heavy atom. The predicted octanol–water partition coefficient (Wildman–Crippen LogP) is 2.76. The highest BCUT2D eigenvalue weighted by atomic mass is 16.1. The number of carbonyl (C=O) groups is 1. The molecular weight excluding hydrogens is 260 g/mol. The lowest BCUT2D eigenvalue weighted by Crippen LogP contribution is -2.39. The Balaban J connectivity index is 1.99. The Labute approximate surface area is 128 Å². The smallest absolute Gasteiger partial charge is 0.179 e. The van der Waals surface area contributed by atoms with Crippen molar-refractivity contribution < 1.29 is 4.79 Å². The van der Waals surface area contributed by atoms with E-state index in [4.69, 9.17) is 0 Å². The van der Waals surface area contributed by atoms with Crippen LogP contribution in [0.2, 0.25) is 0 Å². The molecule has 0 bridgehead atoms. The van der Waals surface area contributed by atoms with Crippen LogP contribution in [-0.4, -0.2) is 55.4 Å². The van der Waals surface area contributed by atoms with Crippen molar-refractivity contribution in [2.75, 3.05) is 33.7 Å². The standard InChI is InChI=1S/C18H28N2O/c1-13-6-7-17(10-14(13)2)18(21)15(3)20(5)12-16-8-9-19(4)11-16/h6-7,10,15-16H,8-9,11-12H2,1-5H3. The number of carbonyl (C=O) groups excluding carboxylic acids is 1. The normalized spacial score (nSPS) is 21.0. The van der Waals surface area contributed by atoms with Gasteiger partial charge < -0.3 is 4.90 Å². The van der Waals surface area contributed by atoms with Crippen molar-refractivity contribution in [1.82, 2.24) is 9.80 Å². The molecule has 0 aromatic heterocycles. The first-order chi connectivity index (χ1) is 9.88. The summed E-state index contributed by atoms with van der Waals surface area (Å²) in [6.45, 7) is 9.50. The second-order valence-electron chi connectivity index (χ2n) is 6.70. The average molecular weight is 288 g/mol. The summed E-state index contributed by atoms with van der Waals surface area (Å²) in [6, 6.07) is 5.96. The minimum absolute atomic E-state index is 0.0574. The van der Waals surface area contributed by atoms with Gasteiger partial charge in [-0.15, -0.1) is 0 Å². The molecule has 2 rings (SSSR count). The van der Waals surface area contributed by atoms with Crippen LogP contribution in [0.1, 0.15) is 34.8 Å². The highest BCUT2D eigenvalue weighted by molar-refractivity contribution is 6.00. The summed E-state index contributed by atoms with van der Waals surface area (Å²) in [5, 5.41) is 0. The second-order valence-corrected chi connectivity index (χ2v) is 6.70. The van der Waals surface area contributed by atoms with E-state index in [1.54, 1.807) is 0 Å². The van der Waals surface area contributed by atoms with Crippen molar-refractivity contribution in [2.45, 2.75) is 33.2 Å². The van der Waals surface area contributed by atoms with Crippen LogP contribution >= 0.6 is 0 Å². The first-order valence-corrected chi connectivity index (χ1v) is 7.88. The fraction of sp³-hybridized carbons (Fsp3) is 0.611. The van der Waals surface area contributed by atoms with Gasteiger partial charge in [-0.25, -0.2) is 0 Å². The number of benzene rings is 1. The topological polar surface area (TPSA) is 23.6 Å². The van der Waals surface area contributed by atoms with Crippen molar-refractivity contribution >= 4 is 5.78 Å². The molecule has 0 N–H and O–H groups in total. The quantitative estimate of drug-likeness (QED) is 0.778. The van der Waals surface area contributed by atoms with Crippen LogP contribution in [0.3, 0.4) is 0 Å². The van der Waals surface area contributed by atoms with E-state index in [1.165, 1.54) is 24.1 Å². The van der Waals surface area contributed by atoms with Crippen molar-refractivity contribution in [3.8, 4) is 0 Å². The number of likely N-dealkylation sites (tertiary alicyclic amines) is 1. The summed E-state index contributed by atoms with van der Waals surface area (Å²) < 4.78 is 0. The third-order valence-corrected chi connectivity index (χ3v) is 4.87. The van der Waals surface area contributed by atoms with Gasteiger partial charge in [0.2, 0.25) is 0 Å². The Bertz CT molecular complexity index is 512. The van der Waals surface area contributed by atoms with E-state index in [0.29, 0.717) is 5.92 Å². The molecule has 0 aliphatic carbocycles. The third-order valence-electron chi connectivity index (χ3n) is 4.87. The lowest BCUT2D eigenvalue weighted by Gasteiger charge is -2.26. The summed E-state index contributed by atoms with van der Waals surface area (Å²) in [5.41, 5.74) is 3.26. The number of hydrogen-bond donors (Lipinski definition) is 0. The largest absolute Gasteiger partial charge is 0.306 e. The van der Waals surface area contributed by atoms with E-state index in [1.807, 2.05) is 25.1 Å². The van der Waals surface area contributed by atoms with Gasteiger partial charge in [0.1, 0.15) is 0 Å². The Hall–Kier alpha value is -1.19. The Morgan fingerprint density at radius 3 is 2.67 bits per heavy atom. The molecule has 1 heterocycles. The van der Waals surface area contributed by atoms with Crippen LogP contribution in [0.5, 0.6) is 0 Å². The molecule has 3 nitrogen and oxygen atoms in total. The zero-order valence-electron chi connectivity index (χ0n) is 14.0. The van der Waals surface area contributed by atoms with Gasteiger partial charge in [0.15, 0.2) is 5.78 Å². The van der Waals surface area contributed by atoms with Gasteiger partial charge in [-0.2, -0.15) is 0 Å². The Morgan fingerprint density at radius 2 is 2.10 bits per heavy atom. The molecule has 0 radical (unpaired) electrons. The summed E-state index contributed by atoms with van der Waals surface area (Å²) in [7, 11) is 4.24. The number of Topliss-reactive ketones (excluding diaryl/α,β-unsaturated/α-hetero) is 1. The number of hydrogen-bond acceptors (Lipinski definition) is 3.